The predicted molar refractivity (Wildman–Crippen MR) is 95.3 cm³/mol. The SMILES string of the molecule is Cc1ccc(N2CSc3nc(-c4ccco4)c(C#N)c(=O)n3C2)cc1. The topological polar surface area (TPSA) is 75.1 Å². The molecule has 0 bridgehead atoms. The molecule has 4 rings (SSSR count). The normalized spacial score (nSPS) is 13.4. The fourth-order valence-corrected chi connectivity index (χ4v) is 3.68. The van der Waals surface area contributed by atoms with Gasteiger partial charge in [-0.25, -0.2) is 4.98 Å². The Morgan fingerprint density at radius 1 is 1.28 bits per heavy atom. The molecule has 7 heteroatoms. The molecule has 1 aliphatic heterocycles. The molecule has 1 aromatic carbocycles. The molecule has 0 radical (unpaired) electrons. The quantitative estimate of drug-likeness (QED) is 0.661. The Labute approximate surface area is 148 Å². The number of furan rings is 1. The van der Waals surface area contributed by atoms with Crippen LogP contribution in [0.4, 0.5) is 5.69 Å². The van der Waals surface area contributed by atoms with Crippen molar-refractivity contribution in [2.75, 3.05) is 10.8 Å². The number of nitrogens with zero attached hydrogens (tertiary/aromatic N) is 4. The van der Waals surface area contributed by atoms with E-state index < -0.39 is 0 Å². The van der Waals surface area contributed by atoms with E-state index in [1.54, 1.807) is 16.7 Å². The summed E-state index contributed by atoms with van der Waals surface area (Å²) < 4.78 is 6.87. The van der Waals surface area contributed by atoms with E-state index in [2.05, 4.69) is 9.88 Å². The number of aryl methyl sites for hydroxylation is 1. The van der Waals surface area contributed by atoms with Crippen molar-refractivity contribution < 1.29 is 4.42 Å². The highest BCUT2D eigenvalue weighted by atomic mass is 32.2. The van der Waals surface area contributed by atoms with Gasteiger partial charge in [-0.05, 0) is 31.2 Å². The van der Waals surface area contributed by atoms with E-state index in [4.69, 9.17) is 4.42 Å². The highest BCUT2D eigenvalue weighted by Crippen LogP contribution is 2.29. The number of aromatic nitrogens is 2. The monoisotopic (exact) mass is 350 g/mol. The summed E-state index contributed by atoms with van der Waals surface area (Å²) in [6.07, 6.45) is 1.50. The summed E-state index contributed by atoms with van der Waals surface area (Å²) in [6.45, 7) is 2.40. The minimum Gasteiger partial charge on any atom is -0.463 e. The summed E-state index contributed by atoms with van der Waals surface area (Å²) >= 11 is 1.47. The lowest BCUT2D eigenvalue weighted by atomic mass is 10.2. The van der Waals surface area contributed by atoms with Crippen molar-refractivity contribution in [1.82, 2.24) is 9.55 Å². The van der Waals surface area contributed by atoms with Gasteiger partial charge in [0.25, 0.3) is 5.56 Å². The first-order chi connectivity index (χ1) is 12.2. The largest absolute Gasteiger partial charge is 0.463 e. The van der Waals surface area contributed by atoms with Gasteiger partial charge in [-0.2, -0.15) is 5.26 Å². The summed E-state index contributed by atoms with van der Waals surface area (Å²) in [5, 5.41) is 10.0. The third-order valence-corrected chi connectivity index (χ3v) is 5.07. The Morgan fingerprint density at radius 2 is 2.08 bits per heavy atom. The number of fused-ring (bicyclic) bond motifs is 1. The molecule has 0 atom stereocenters. The molecule has 0 aliphatic carbocycles. The van der Waals surface area contributed by atoms with E-state index in [-0.39, 0.29) is 11.1 Å². The molecule has 25 heavy (non-hydrogen) atoms. The molecular weight excluding hydrogens is 336 g/mol. The van der Waals surface area contributed by atoms with E-state index in [0.717, 1.165) is 5.69 Å². The second kappa shape index (κ2) is 6.15. The zero-order valence-corrected chi connectivity index (χ0v) is 14.3. The maximum absolute atomic E-state index is 12.8. The second-order valence-electron chi connectivity index (χ2n) is 5.73. The van der Waals surface area contributed by atoms with Crippen molar-refractivity contribution in [3.8, 4) is 17.5 Å². The lowest BCUT2D eigenvalue weighted by Gasteiger charge is -2.30. The van der Waals surface area contributed by atoms with E-state index >= 15 is 0 Å². The standard InChI is InChI=1S/C18H14N4O2S/c1-12-4-6-13(7-5-12)21-10-22-17(23)14(9-19)16(15-3-2-8-24-15)20-18(22)25-11-21/h2-8H,10-11H2,1H3. The van der Waals surface area contributed by atoms with Gasteiger partial charge in [-0.15, -0.1) is 0 Å². The summed E-state index contributed by atoms with van der Waals surface area (Å²) in [6, 6.07) is 13.5. The van der Waals surface area contributed by atoms with Crippen LogP contribution in [0, 0.1) is 18.3 Å². The number of benzene rings is 1. The third kappa shape index (κ3) is 2.71. The van der Waals surface area contributed by atoms with Gasteiger partial charge in [0.2, 0.25) is 0 Å². The maximum atomic E-state index is 12.8. The van der Waals surface area contributed by atoms with Crippen molar-refractivity contribution in [1.29, 1.82) is 5.26 Å². The van der Waals surface area contributed by atoms with Crippen molar-refractivity contribution in [3.05, 3.63) is 64.1 Å². The van der Waals surface area contributed by atoms with Crippen LogP contribution in [0.25, 0.3) is 11.5 Å². The lowest BCUT2D eigenvalue weighted by molar-refractivity contribution is 0.548. The molecule has 0 saturated carbocycles. The fourth-order valence-electron chi connectivity index (χ4n) is 2.72. The molecule has 3 aromatic rings. The van der Waals surface area contributed by atoms with Gasteiger partial charge in [0, 0.05) is 5.69 Å². The predicted octanol–water partition coefficient (Wildman–Crippen LogP) is 3.21. The molecule has 3 heterocycles. The van der Waals surface area contributed by atoms with Gasteiger partial charge in [0.15, 0.2) is 10.9 Å². The number of thioether (sulfide) groups is 1. The Bertz CT molecular complexity index is 1020. The molecule has 0 N–H and O–H groups in total. The summed E-state index contributed by atoms with van der Waals surface area (Å²) in [4.78, 5) is 19.4. The van der Waals surface area contributed by atoms with Crippen LogP contribution in [0.5, 0.6) is 0 Å². The van der Waals surface area contributed by atoms with Gasteiger partial charge < -0.3 is 9.32 Å². The van der Waals surface area contributed by atoms with E-state index in [1.165, 1.54) is 23.6 Å². The molecular formula is C18H14N4O2S. The molecule has 0 amide bonds. The van der Waals surface area contributed by atoms with Crippen LogP contribution in [-0.2, 0) is 6.67 Å². The number of nitriles is 1. The molecule has 2 aromatic heterocycles. The minimum atomic E-state index is -0.344. The average Bonchev–Trinajstić information content (AvgIpc) is 3.16. The van der Waals surface area contributed by atoms with Crippen molar-refractivity contribution in [2.24, 2.45) is 0 Å². The molecule has 124 valence electrons. The van der Waals surface area contributed by atoms with Crippen LogP contribution in [0.15, 0.2) is 57.0 Å². The molecule has 0 saturated heterocycles. The molecule has 6 nitrogen and oxygen atoms in total. The fraction of sp³-hybridized carbons (Fsp3) is 0.167. The third-order valence-electron chi connectivity index (χ3n) is 4.06. The molecule has 1 aliphatic rings. The zero-order chi connectivity index (χ0) is 17.4. The molecule has 0 spiro atoms. The van der Waals surface area contributed by atoms with Crippen molar-refractivity contribution in [2.45, 2.75) is 18.7 Å². The van der Waals surface area contributed by atoms with E-state index in [9.17, 15) is 10.1 Å². The second-order valence-corrected chi connectivity index (χ2v) is 6.64. The smallest absolute Gasteiger partial charge is 0.274 e. The van der Waals surface area contributed by atoms with Crippen LogP contribution in [0.3, 0.4) is 0 Å². The number of anilines is 1. The molecule has 0 fully saturated rings. The Kier molecular flexibility index (Phi) is 3.82. The summed E-state index contributed by atoms with van der Waals surface area (Å²) in [7, 11) is 0. The first kappa shape index (κ1) is 15.5. The Balaban J connectivity index is 1.77. The van der Waals surface area contributed by atoms with Gasteiger partial charge in [-0.1, -0.05) is 29.5 Å². The lowest BCUT2D eigenvalue weighted by Crippen LogP contribution is -2.38. The first-order valence-electron chi connectivity index (χ1n) is 7.70. The number of hydrogen-bond acceptors (Lipinski definition) is 6. The van der Waals surface area contributed by atoms with Crippen LogP contribution >= 0.6 is 11.8 Å². The van der Waals surface area contributed by atoms with Gasteiger partial charge >= 0.3 is 0 Å². The van der Waals surface area contributed by atoms with Crippen LogP contribution in [0.1, 0.15) is 11.1 Å². The summed E-state index contributed by atoms with van der Waals surface area (Å²) in [5.41, 5.74) is 2.18. The Hall–Kier alpha value is -2.98. The van der Waals surface area contributed by atoms with Crippen molar-refractivity contribution in [3.63, 3.8) is 0 Å². The number of rotatable bonds is 2. The number of hydrogen-bond donors (Lipinski definition) is 0. The minimum absolute atomic E-state index is 0.00468. The molecule has 0 unspecified atom stereocenters. The maximum Gasteiger partial charge on any atom is 0.274 e. The summed E-state index contributed by atoms with van der Waals surface area (Å²) in [5.74, 6) is 1.11. The van der Waals surface area contributed by atoms with Crippen molar-refractivity contribution >= 4 is 17.4 Å². The van der Waals surface area contributed by atoms with Crippen LogP contribution < -0.4 is 10.5 Å². The van der Waals surface area contributed by atoms with Gasteiger partial charge in [-0.3, -0.25) is 9.36 Å². The highest BCUT2D eigenvalue weighted by Gasteiger charge is 2.24. The first-order valence-corrected chi connectivity index (χ1v) is 8.69. The van der Waals surface area contributed by atoms with Gasteiger partial charge in [0.05, 0.1) is 12.1 Å². The van der Waals surface area contributed by atoms with Gasteiger partial charge in [0.1, 0.15) is 24.0 Å². The highest BCUT2D eigenvalue weighted by molar-refractivity contribution is 7.99. The van der Waals surface area contributed by atoms with E-state index in [1.807, 2.05) is 37.3 Å². The van der Waals surface area contributed by atoms with Crippen LogP contribution in [0.2, 0.25) is 0 Å². The zero-order valence-electron chi connectivity index (χ0n) is 13.5. The van der Waals surface area contributed by atoms with Crippen LogP contribution in [-0.4, -0.2) is 15.4 Å². The average molecular weight is 350 g/mol. The Morgan fingerprint density at radius 3 is 2.76 bits per heavy atom. The van der Waals surface area contributed by atoms with E-state index in [0.29, 0.717) is 29.2 Å².